The van der Waals surface area contributed by atoms with Gasteiger partial charge in [-0.3, -0.25) is 4.21 Å². The molecule has 0 saturated carbocycles. The van der Waals surface area contributed by atoms with E-state index in [-0.39, 0.29) is 23.7 Å². The molecule has 2 atom stereocenters. The van der Waals surface area contributed by atoms with Crippen molar-refractivity contribution in [2.75, 3.05) is 13.2 Å². The molecule has 206 valence electrons. The van der Waals surface area contributed by atoms with Gasteiger partial charge in [-0.25, -0.2) is 0 Å². The highest BCUT2D eigenvalue weighted by molar-refractivity contribution is 7.86. The summed E-state index contributed by atoms with van der Waals surface area (Å²) in [6.45, 7) is 4.78. The van der Waals surface area contributed by atoms with Crippen LogP contribution in [0.15, 0.2) is 0 Å². The Kier molecular flexibility index (Phi) is 27.7. The van der Waals surface area contributed by atoms with Gasteiger partial charge in [0, 0.05) is 34.5 Å². The fourth-order valence-corrected chi connectivity index (χ4v) is 7.05. The summed E-state index contributed by atoms with van der Waals surface area (Å²) in [5.41, 5.74) is 0. The zero-order chi connectivity index (χ0) is 25.1. The van der Waals surface area contributed by atoms with Crippen LogP contribution in [-0.4, -0.2) is 38.1 Å². The van der Waals surface area contributed by atoms with Gasteiger partial charge in [0.25, 0.3) is 0 Å². The molecule has 0 aliphatic rings. The molecule has 2 unspecified atom stereocenters. The predicted molar refractivity (Wildman–Crippen MR) is 152 cm³/mol. The molecule has 0 fully saturated rings. The molecule has 0 saturated heterocycles. The second-order valence-electron chi connectivity index (χ2n) is 10.5. The van der Waals surface area contributed by atoms with Gasteiger partial charge in [-0.05, 0) is 25.7 Å². The quantitative estimate of drug-likeness (QED) is 0.105. The van der Waals surface area contributed by atoms with Gasteiger partial charge in [-0.1, -0.05) is 142 Å². The molecule has 0 radical (unpaired) electrons. The molecular formula is C30H62O3S. The Hall–Kier alpha value is 0.0700. The van der Waals surface area contributed by atoms with Crippen LogP contribution in [0.25, 0.3) is 0 Å². The van der Waals surface area contributed by atoms with Gasteiger partial charge in [0.05, 0.1) is 0 Å². The Bertz CT molecular complexity index is 380. The summed E-state index contributed by atoms with van der Waals surface area (Å²) in [4.78, 5) is 0. The highest BCUT2D eigenvalue weighted by atomic mass is 32.2. The lowest BCUT2D eigenvalue weighted by Gasteiger charge is -2.23. The van der Waals surface area contributed by atoms with Crippen LogP contribution in [0.4, 0.5) is 0 Å². The Morgan fingerprint density at radius 3 is 0.971 bits per heavy atom. The van der Waals surface area contributed by atoms with E-state index in [1.807, 2.05) is 0 Å². The van der Waals surface area contributed by atoms with Crippen LogP contribution in [-0.2, 0) is 10.8 Å². The molecule has 0 amide bonds. The minimum absolute atomic E-state index is 0.0960. The van der Waals surface area contributed by atoms with Crippen LogP contribution in [0, 0.1) is 0 Å². The van der Waals surface area contributed by atoms with Crippen molar-refractivity contribution < 1.29 is 14.4 Å². The highest BCUT2D eigenvalue weighted by Gasteiger charge is 2.24. The number of aliphatic hydroxyl groups is 2. The van der Waals surface area contributed by atoms with Crippen molar-refractivity contribution in [2.45, 2.75) is 178 Å². The van der Waals surface area contributed by atoms with Crippen molar-refractivity contribution in [2.24, 2.45) is 0 Å². The number of unbranched alkanes of at least 4 members (excludes halogenated alkanes) is 18. The third-order valence-electron chi connectivity index (χ3n) is 7.32. The lowest BCUT2D eigenvalue weighted by Crippen LogP contribution is -2.28. The van der Waals surface area contributed by atoms with Gasteiger partial charge in [0.15, 0.2) is 0 Å². The molecule has 0 spiro atoms. The van der Waals surface area contributed by atoms with Crippen molar-refractivity contribution in [1.82, 2.24) is 0 Å². The Morgan fingerprint density at radius 1 is 0.441 bits per heavy atom. The van der Waals surface area contributed by atoms with E-state index in [1.54, 1.807) is 0 Å². The first-order chi connectivity index (χ1) is 16.7. The first-order valence-corrected chi connectivity index (χ1v) is 16.6. The maximum atomic E-state index is 13.3. The molecule has 0 rings (SSSR count). The summed E-state index contributed by atoms with van der Waals surface area (Å²) < 4.78 is 13.3. The Balaban J connectivity index is 4.05. The number of rotatable bonds is 28. The third kappa shape index (κ3) is 21.4. The van der Waals surface area contributed by atoms with E-state index >= 15 is 0 Å². The van der Waals surface area contributed by atoms with Crippen LogP contribution in [0.2, 0.25) is 0 Å². The average molecular weight is 503 g/mol. The molecule has 34 heavy (non-hydrogen) atoms. The van der Waals surface area contributed by atoms with Crippen molar-refractivity contribution >= 4 is 10.8 Å². The third-order valence-corrected chi connectivity index (χ3v) is 9.58. The van der Waals surface area contributed by atoms with Crippen LogP contribution in [0.1, 0.15) is 168 Å². The lowest BCUT2D eigenvalue weighted by molar-refractivity contribution is 0.279. The summed E-state index contributed by atoms with van der Waals surface area (Å²) in [7, 11) is -0.943. The van der Waals surface area contributed by atoms with Gasteiger partial charge in [-0.2, -0.15) is 0 Å². The smallest absolute Gasteiger partial charge is 0.0442 e. The number of aliphatic hydroxyl groups excluding tert-OH is 2. The molecule has 3 nitrogen and oxygen atoms in total. The molecule has 2 N–H and O–H groups in total. The van der Waals surface area contributed by atoms with Crippen LogP contribution >= 0.6 is 0 Å². The Morgan fingerprint density at radius 2 is 0.706 bits per heavy atom. The molecule has 0 aliphatic heterocycles. The number of hydrogen-bond donors (Lipinski definition) is 2. The van der Waals surface area contributed by atoms with E-state index in [4.69, 9.17) is 0 Å². The lowest BCUT2D eigenvalue weighted by atomic mass is 10.0. The van der Waals surface area contributed by atoms with Gasteiger partial charge in [0.2, 0.25) is 0 Å². The van der Waals surface area contributed by atoms with Crippen molar-refractivity contribution in [3.05, 3.63) is 0 Å². The van der Waals surface area contributed by atoms with E-state index in [0.29, 0.717) is 12.8 Å². The maximum Gasteiger partial charge on any atom is 0.0442 e. The number of hydrogen-bond acceptors (Lipinski definition) is 3. The summed E-state index contributed by atoms with van der Waals surface area (Å²) in [5.74, 6) is 0. The first-order valence-electron chi connectivity index (χ1n) is 15.3. The minimum Gasteiger partial charge on any atom is -0.396 e. The predicted octanol–water partition coefficient (Wildman–Crippen LogP) is 8.86. The SMILES string of the molecule is CCCCCCCCCCCCC(CCO)S(=O)C(CCO)CCCCCCCCCCCC. The summed E-state index contributed by atoms with van der Waals surface area (Å²) in [5, 5.41) is 19.3. The van der Waals surface area contributed by atoms with E-state index in [0.717, 1.165) is 25.7 Å². The largest absolute Gasteiger partial charge is 0.396 e. The topological polar surface area (TPSA) is 57.5 Å². The molecule has 0 bridgehead atoms. The van der Waals surface area contributed by atoms with Crippen molar-refractivity contribution in [1.29, 1.82) is 0 Å². The summed E-state index contributed by atoms with van der Waals surface area (Å²) in [6, 6.07) is 0. The highest BCUT2D eigenvalue weighted by Crippen LogP contribution is 2.22. The molecule has 4 heteroatoms. The van der Waals surface area contributed by atoms with Gasteiger partial charge in [-0.15, -0.1) is 0 Å². The summed E-state index contributed by atoms with van der Waals surface area (Å²) >= 11 is 0. The molecule has 0 aromatic heterocycles. The van der Waals surface area contributed by atoms with Crippen LogP contribution in [0.3, 0.4) is 0 Å². The van der Waals surface area contributed by atoms with E-state index < -0.39 is 10.8 Å². The monoisotopic (exact) mass is 502 g/mol. The fraction of sp³-hybridized carbons (Fsp3) is 1.00. The van der Waals surface area contributed by atoms with Crippen LogP contribution in [0.5, 0.6) is 0 Å². The van der Waals surface area contributed by atoms with Crippen molar-refractivity contribution in [3.63, 3.8) is 0 Å². The molecular weight excluding hydrogens is 440 g/mol. The van der Waals surface area contributed by atoms with E-state index in [1.165, 1.54) is 116 Å². The molecule has 0 aromatic rings. The van der Waals surface area contributed by atoms with Gasteiger partial charge < -0.3 is 10.2 Å². The van der Waals surface area contributed by atoms with Gasteiger partial charge >= 0.3 is 0 Å². The maximum absolute atomic E-state index is 13.3. The van der Waals surface area contributed by atoms with E-state index in [9.17, 15) is 14.4 Å². The molecule has 0 heterocycles. The second kappa shape index (κ2) is 27.7. The average Bonchev–Trinajstić information content (AvgIpc) is 2.84. The zero-order valence-corrected chi connectivity index (χ0v) is 24.1. The molecule has 0 aliphatic carbocycles. The standard InChI is InChI=1S/C30H62O3S/c1-3-5-7-9-11-13-15-17-19-21-23-29(25-27-31)34(33)30(26-28-32)24-22-20-18-16-14-12-10-8-6-4-2/h29-32H,3-28H2,1-2H3. The van der Waals surface area contributed by atoms with Crippen molar-refractivity contribution in [3.8, 4) is 0 Å². The Labute approximate surface area is 216 Å². The second-order valence-corrected chi connectivity index (χ2v) is 12.5. The zero-order valence-electron chi connectivity index (χ0n) is 23.3. The van der Waals surface area contributed by atoms with Crippen LogP contribution < -0.4 is 0 Å². The summed E-state index contributed by atoms with van der Waals surface area (Å²) in [6.07, 6.45) is 29.5. The van der Waals surface area contributed by atoms with Gasteiger partial charge in [0.1, 0.15) is 0 Å². The first kappa shape index (κ1) is 34.1. The normalized spacial score (nSPS) is 14.4. The molecule has 0 aromatic carbocycles. The van der Waals surface area contributed by atoms with E-state index in [2.05, 4.69) is 13.8 Å². The minimum atomic E-state index is -0.943. The fourth-order valence-electron chi connectivity index (χ4n) is 5.03.